The maximum Gasteiger partial charge on any atom is 0.332 e. The molecule has 0 bridgehead atoms. The van der Waals surface area contributed by atoms with Gasteiger partial charge in [-0.15, -0.1) is 0 Å². The lowest BCUT2D eigenvalue weighted by molar-refractivity contribution is -0.384. The van der Waals surface area contributed by atoms with Crippen LogP contribution in [0.5, 0.6) is 0 Å². The van der Waals surface area contributed by atoms with Crippen molar-refractivity contribution in [3.05, 3.63) is 103 Å². The first-order valence-electron chi connectivity index (χ1n) is 15.8. The van der Waals surface area contributed by atoms with Gasteiger partial charge in [-0.05, 0) is 50.1 Å². The summed E-state index contributed by atoms with van der Waals surface area (Å²) in [5.41, 5.74) is 2.07. The molecule has 2 heterocycles. The summed E-state index contributed by atoms with van der Waals surface area (Å²) in [7, 11) is 0. The van der Waals surface area contributed by atoms with E-state index in [0.717, 1.165) is 43.1 Å². The molecule has 11 heteroatoms. The van der Waals surface area contributed by atoms with Crippen LogP contribution in [-0.4, -0.2) is 65.8 Å². The molecule has 2 aromatic carbocycles. The van der Waals surface area contributed by atoms with Crippen LogP contribution in [0.25, 0.3) is 11.2 Å². The molecule has 0 atom stereocenters. The third-order valence-corrected chi connectivity index (χ3v) is 8.43. The highest BCUT2D eigenvalue weighted by Crippen LogP contribution is 2.20. The predicted molar refractivity (Wildman–Crippen MR) is 174 cm³/mol. The van der Waals surface area contributed by atoms with Crippen LogP contribution in [0, 0.1) is 10.1 Å². The lowest BCUT2D eigenvalue weighted by Gasteiger charge is -2.38. The Bertz CT molecular complexity index is 1640. The molecule has 0 saturated carbocycles. The molecule has 4 aromatic rings. The van der Waals surface area contributed by atoms with Crippen LogP contribution < -0.4 is 11.2 Å². The molecule has 0 aliphatic heterocycles. The van der Waals surface area contributed by atoms with E-state index in [1.807, 2.05) is 37.3 Å². The summed E-state index contributed by atoms with van der Waals surface area (Å²) in [4.78, 5) is 48.5. The molecule has 0 saturated heterocycles. The molecule has 11 nitrogen and oxygen atoms in total. The molecule has 0 N–H and O–H groups in total. The van der Waals surface area contributed by atoms with E-state index in [4.69, 9.17) is 4.98 Å². The quantitative estimate of drug-likeness (QED) is 0.105. The Kier molecular flexibility index (Phi) is 11.2. The van der Waals surface area contributed by atoms with E-state index in [-0.39, 0.29) is 29.6 Å². The standard InChI is InChI=1S/C33H45N7O4/c1-6-21-38-32(41)30-31(37(33(38)42)22-20-25-16-18-27(19-17-25)40(43)44)34-28(23-26-14-12-11-13-15-26)39(30)24-29(35(7-2)8-3)36(9-4)10-5/h11-19,29H,6-10,20-24H2,1-5H3. The van der Waals surface area contributed by atoms with Crippen LogP contribution in [0.15, 0.2) is 64.2 Å². The molecule has 0 spiro atoms. The van der Waals surface area contributed by atoms with Crippen molar-refractivity contribution in [2.75, 3.05) is 26.2 Å². The van der Waals surface area contributed by atoms with E-state index in [0.29, 0.717) is 43.5 Å². The molecule has 0 amide bonds. The normalized spacial score (nSPS) is 11.8. The van der Waals surface area contributed by atoms with Gasteiger partial charge >= 0.3 is 5.69 Å². The van der Waals surface area contributed by atoms with Gasteiger partial charge in [0, 0.05) is 31.6 Å². The summed E-state index contributed by atoms with van der Waals surface area (Å²) in [5, 5.41) is 11.1. The first-order valence-corrected chi connectivity index (χ1v) is 15.8. The number of aromatic nitrogens is 4. The molecule has 44 heavy (non-hydrogen) atoms. The van der Waals surface area contributed by atoms with Crippen molar-refractivity contribution in [1.29, 1.82) is 0 Å². The van der Waals surface area contributed by atoms with E-state index in [1.54, 1.807) is 16.7 Å². The SMILES string of the molecule is CCCn1c(=O)c2c(nc(Cc3ccccc3)n2CC(N(CC)CC)N(CC)CC)n(CCc2ccc([N+](=O)[O-])cc2)c1=O. The van der Waals surface area contributed by atoms with Crippen LogP contribution in [0.3, 0.4) is 0 Å². The number of benzene rings is 2. The Morgan fingerprint density at radius 1 is 0.795 bits per heavy atom. The lowest BCUT2D eigenvalue weighted by Crippen LogP contribution is -2.51. The fourth-order valence-electron chi connectivity index (χ4n) is 6.01. The van der Waals surface area contributed by atoms with Crippen LogP contribution in [0.1, 0.15) is 58.0 Å². The molecule has 2 aromatic heterocycles. The second-order valence-electron chi connectivity index (χ2n) is 11.0. The summed E-state index contributed by atoms with van der Waals surface area (Å²) in [6.07, 6.45) is 1.64. The topological polar surface area (TPSA) is 111 Å². The van der Waals surface area contributed by atoms with Crippen molar-refractivity contribution >= 4 is 16.9 Å². The van der Waals surface area contributed by atoms with E-state index < -0.39 is 4.92 Å². The lowest BCUT2D eigenvalue weighted by atomic mass is 10.1. The van der Waals surface area contributed by atoms with Crippen molar-refractivity contribution in [2.24, 2.45) is 0 Å². The first-order chi connectivity index (χ1) is 21.3. The minimum Gasteiger partial charge on any atom is -0.319 e. The van der Waals surface area contributed by atoms with Crippen molar-refractivity contribution in [1.82, 2.24) is 28.5 Å². The maximum absolute atomic E-state index is 14.2. The molecule has 0 unspecified atom stereocenters. The summed E-state index contributed by atoms with van der Waals surface area (Å²) in [6, 6.07) is 16.4. The number of hydrogen-bond acceptors (Lipinski definition) is 7. The van der Waals surface area contributed by atoms with Crippen molar-refractivity contribution in [2.45, 2.75) is 79.7 Å². The smallest absolute Gasteiger partial charge is 0.319 e. The minimum absolute atomic E-state index is 0.0186. The van der Waals surface area contributed by atoms with Crippen LogP contribution >= 0.6 is 0 Å². The molecule has 0 radical (unpaired) electrons. The van der Waals surface area contributed by atoms with E-state index in [9.17, 15) is 19.7 Å². The Morgan fingerprint density at radius 3 is 1.95 bits per heavy atom. The third kappa shape index (κ3) is 7.00. The van der Waals surface area contributed by atoms with E-state index in [2.05, 4.69) is 42.1 Å². The molecule has 4 rings (SSSR count). The number of nitrogens with zero attached hydrogens (tertiary/aromatic N) is 7. The highest BCUT2D eigenvalue weighted by molar-refractivity contribution is 5.71. The van der Waals surface area contributed by atoms with Crippen molar-refractivity contribution in [3.8, 4) is 0 Å². The summed E-state index contributed by atoms with van der Waals surface area (Å²) in [6.45, 7) is 15.1. The number of non-ortho nitro benzene ring substituents is 1. The zero-order valence-corrected chi connectivity index (χ0v) is 26.6. The van der Waals surface area contributed by atoms with Gasteiger partial charge in [-0.2, -0.15) is 0 Å². The first kappa shape index (κ1) is 32.8. The molecular formula is C33H45N7O4. The highest BCUT2D eigenvalue weighted by Gasteiger charge is 2.27. The number of fused-ring (bicyclic) bond motifs is 1. The highest BCUT2D eigenvalue weighted by atomic mass is 16.6. The van der Waals surface area contributed by atoms with Gasteiger partial charge in [0.1, 0.15) is 5.82 Å². The van der Waals surface area contributed by atoms with Gasteiger partial charge in [0.15, 0.2) is 11.2 Å². The Morgan fingerprint density at radius 2 is 1.41 bits per heavy atom. The molecular weight excluding hydrogens is 558 g/mol. The largest absolute Gasteiger partial charge is 0.332 e. The molecule has 0 fully saturated rings. The number of likely N-dealkylation sites (N-methyl/N-ethyl adjacent to an activating group) is 2. The van der Waals surface area contributed by atoms with Gasteiger partial charge in [-0.25, -0.2) is 9.78 Å². The summed E-state index contributed by atoms with van der Waals surface area (Å²) < 4.78 is 5.01. The maximum atomic E-state index is 14.2. The average Bonchev–Trinajstić information content (AvgIpc) is 3.38. The van der Waals surface area contributed by atoms with Crippen LogP contribution in [0.2, 0.25) is 0 Å². The van der Waals surface area contributed by atoms with Gasteiger partial charge < -0.3 is 4.57 Å². The van der Waals surface area contributed by atoms with Gasteiger partial charge in [0.2, 0.25) is 0 Å². The zero-order chi connectivity index (χ0) is 31.8. The Hall–Kier alpha value is -4.09. The van der Waals surface area contributed by atoms with Gasteiger partial charge in [0.05, 0.1) is 17.6 Å². The summed E-state index contributed by atoms with van der Waals surface area (Å²) in [5.74, 6) is 0.741. The van der Waals surface area contributed by atoms with Gasteiger partial charge in [-0.1, -0.05) is 77.1 Å². The second-order valence-corrected chi connectivity index (χ2v) is 11.0. The number of hydrogen-bond donors (Lipinski definition) is 0. The summed E-state index contributed by atoms with van der Waals surface area (Å²) >= 11 is 0. The van der Waals surface area contributed by atoms with E-state index >= 15 is 0 Å². The number of rotatable bonds is 16. The predicted octanol–water partition coefficient (Wildman–Crippen LogP) is 4.52. The molecule has 236 valence electrons. The van der Waals surface area contributed by atoms with Crippen LogP contribution in [-0.2, 0) is 32.5 Å². The third-order valence-electron chi connectivity index (χ3n) is 8.43. The van der Waals surface area contributed by atoms with Gasteiger partial charge in [-0.3, -0.25) is 33.8 Å². The molecule has 0 aliphatic rings. The number of imidazole rings is 1. The van der Waals surface area contributed by atoms with E-state index in [1.165, 1.54) is 16.7 Å². The fraction of sp³-hybridized carbons (Fsp3) is 0.485. The van der Waals surface area contributed by atoms with Gasteiger partial charge in [0.25, 0.3) is 11.2 Å². The Labute approximate surface area is 258 Å². The number of nitro benzene ring substituents is 1. The second kappa shape index (κ2) is 15.1. The Balaban J connectivity index is 1.92. The monoisotopic (exact) mass is 603 g/mol. The zero-order valence-electron chi connectivity index (χ0n) is 26.6. The van der Waals surface area contributed by atoms with Crippen molar-refractivity contribution < 1.29 is 4.92 Å². The van der Waals surface area contributed by atoms with Crippen molar-refractivity contribution in [3.63, 3.8) is 0 Å². The average molecular weight is 604 g/mol. The molecule has 0 aliphatic carbocycles. The van der Waals surface area contributed by atoms with Crippen LogP contribution in [0.4, 0.5) is 5.69 Å². The number of nitro groups is 1. The number of aryl methyl sites for hydroxylation is 2. The fourth-order valence-corrected chi connectivity index (χ4v) is 6.01. The minimum atomic E-state index is -0.428.